The van der Waals surface area contributed by atoms with Gasteiger partial charge in [0.15, 0.2) is 0 Å². The number of nitrogens with two attached hydrogens (primary N) is 1. The van der Waals surface area contributed by atoms with Crippen LogP contribution in [-0.4, -0.2) is 20.8 Å². The molecule has 0 amide bonds. The molecule has 21 heavy (non-hydrogen) atoms. The monoisotopic (exact) mass is 284 g/mol. The van der Waals surface area contributed by atoms with E-state index in [9.17, 15) is 0 Å². The van der Waals surface area contributed by atoms with Crippen molar-refractivity contribution in [2.24, 2.45) is 5.73 Å². The molecule has 1 heterocycles. The Morgan fingerprint density at radius 2 is 1.86 bits per heavy atom. The van der Waals surface area contributed by atoms with Crippen LogP contribution < -0.4 is 20.1 Å². The first-order chi connectivity index (χ1) is 10.3. The second-order valence-corrected chi connectivity index (χ2v) is 5.11. The van der Waals surface area contributed by atoms with Gasteiger partial charge in [0.05, 0.1) is 20.3 Å². The van der Waals surface area contributed by atoms with E-state index in [1.165, 1.54) is 11.1 Å². The predicted octanol–water partition coefficient (Wildman–Crippen LogP) is 2.72. The van der Waals surface area contributed by atoms with Crippen LogP contribution in [0.2, 0.25) is 0 Å². The molecule has 2 aromatic carbocycles. The number of methoxy groups -OCH3 is 2. The van der Waals surface area contributed by atoms with E-state index < -0.39 is 0 Å². The largest absolute Gasteiger partial charge is 0.497 e. The van der Waals surface area contributed by atoms with E-state index in [0.717, 1.165) is 23.7 Å². The third kappa shape index (κ3) is 2.32. The summed E-state index contributed by atoms with van der Waals surface area (Å²) in [7, 11) is 3.39. The zero-order chi connectivity index (χ0) is 14.8. The molecule has 0 saturated heterocycles. The van der Waals surface area contributed by atoms with Crippen molar-refractivity contribution in [1.82, 2.24) is 0 Å². The fourth-order valence-electron chi connectivity index (χ4n) is 3.00. The molecule has 0 saturated carbocycles. The van der Waals surface area contributed by atoms with E-state index in [1.807, 2.05) is 24.3 Å². The highest BCUT2D eigenvalue weighted by molar-refractivity contribution is 5.58. The lowest BCUT2D eigenvalue weighted by molar-refractivity contribution is 0.410. The van der Waals surface area contributed by atoms with Crippen LogP contribution >= 0.6 is 0 Å². The fraction of sp³-hybridized carbons (Fsp3) is 0.294. The van der Waals surface area contributed by atoms with Crippen LogP contribution in [0.25, 0.3) is 0 Å². The number of ether oxygens (including phenoxy) is 2. The Labute approximate surface area is 125 Å². The molecule has 0 spiro atoms. The van der Waals surface area contributed by atoms with Crippen molar-refractivity contribution in [3.05, 3.63) is 53.6 Å². The first-order valence-electron chi connectivity index (χ1n) is 7.05. The smallest absolute Gasteiger partial charge is 0.124 e. The molecule has 0 bridgehead atoms. The zero-order valence-corrected chi connectivity index (χ0v) is 12.4. The number of hydrogen-bond acceptors (Lipinski definition) is 4. The maximum atomic E-state index is 6.02. The van der Waals surface area contributed by atoms with Gasteiger partial charge in [0.1, 0.15) is 11.5 Å². The molecule has 0 fully saturated rings. The van der Waals surface area contributed by atoms with Gasteiger partial charge in [0.25, 0.3) is 0 Å². The number of benzene rings is 2. The number of fused-ring (bicyclic) bond motifs is 1. The summed E-state index contributed by atoms with van der Waals surface area (Å²) in [6, 6.07) is 14.4. The topological polar surface area (TPSA) is 47.7 Å². The minimum atomic E-state index is 0.184. The third-order valence-electron chi connectivity index (χ3n) is 4.08. The zero-order valence-electron chi connectivity index (χ0n) is 12.4. The minimum Gasteiger partial charge on any atom is -0.497 e. The first-order valence-corrected chi connectivity index (χ1v) is 7.05. The van der Waals surface area contributed by atoms with Crippen LogP contribution in [0.4, 0.5) is 5.69 Å². The van der Waals surface area contributed by atoms with Crippen molar-refractivity contribution < 1.29 is 9.47 Å². The minimum absolute atomic E-state index is 0.184. The number of anilines is 1. The summed E-state index contributed by atoms with van der Waals surface area (Å²) < 4.78 is 10.7. The molecule has 0 aliphatic carbocycles. The first kappa shape index (κ1) is 13.8. The van der Waals surface area contributed by atoms with E-state index in [2.05, 4.69) is 23.1 Å². The summed E-state index contributed by atoms with van der Waals surface area (Å²) in [6.45, 7) is 1.39. The van der Waals surface area contributed by atoms with Gasteiger partial charge in [-0.3, -0.25) is 0 Å². The highest BCUT2D eigenvalue weighted by atomic mass is 16.5. The molecule has 2 N–H and O–H groups in total. The number of rotatable bonds is 4. The van der Waals surface area contributed by atoms with Crippen LogP contribution in [-0.2, 0) is 6.54 Å². The quantitative estimate of drug-likeness (QED) is 0.938. The average Bonchev–Trinajstić information content (AvgIpc) is 2.93. The summed E-state index contributed by atoms with van der Waals surface area (Å²) in [4.78, 5) is 2.31. The highest BCUT2D eigenvalue weighted by Crippen LogP contribution is 2.41. The molecule has 1 atom stereocenters. The van der Waals surface area contributed by atoms with Gasteiger partial charge in [0, 0.05) is 24.3 Å². The van der Waals surface area contributed by atoms with Crippen LogP contribution in [0.3, 0.4) is 0 Å². The van der Waals surface area contributed by atoms with Gasteiger partial charge in [-0.2, -0.15) is 0 Å². The molecule has 1 aliphatic heterocycles. The maximum absolute atomic E-state index is 6.02. The van der Waals surface area contributed by atoms with Gasteiger partial charge in [0.2, 0.25) is 0 Å². The third-order valence-corrected chi connectivity index (χ3v) is 4.08. The van der Waals surface area contributed by atoms with E-state index in [0.29, 0.717) is 6.54 Å². The van der Waals surface area contributed by atoms with Crippen LogP contribution in [0.15, 0.2) is 42.5 Å². The van der Waals surface area contributed by atoms with Gasteiger partial charge >= 0.3 is 0 Å². The second kappa shape index (κ2) is 5.66. The van der Waals surface area contributed by atoms with Gasteiger partial charge in [-0.05, 0) is 35.9 Å². The molecule has 1 aliphatic rings. The SMILES string of the molecule is COc1ccc(N2Cc3c(OC)cccc3C2CN)cc1. The van der Waals surface area contributed by atoms with E-state index in [4.69, 9.17) is 15.2 Å². The van der Waals surface area contributed by atoms with Gasteiger partial charge < -0.3 is 20.1 Å². The molecule has 3 rings (SSSR count). The van der Waals surface area contributed by atoms with Crippen LogP contribution in [0, 0.1) is 0 Å². The van der Waals surface area contributed by atoms with Crippen molar-refractivity contribution >= 4 is 5.69 Å². The molecular weight excluding hydrogens is 264 g/mol. The lowest BCUT2D eigenvalue weighted by atomic mass is 10.0. The van der Waals surface area contributed by atoms with Gasteiger partial charge in [-0.1, -0.05) is 12.1 Å². The molecule has 2 aromatic rings. The van der Waals surface area contributed by atoms with Crippen molar-refractivity contribution in [3.8, 4) is 11.5 Å². The van der Waals surface area contributed by atoms with E-state index >= 15 is 0 Å². The maximum Gasteiger partial charge on any atom is 0.124 e. The summed E-state index contributed by atoms with van der Waals surface area (Å²) >= 11 is 0. The van der Waals surface area contributed by atoms with Crippen molar-refractivity contribution in [2.45, 2.75) is 12.6 Å². The molecule has 4 nitrogen and oxygen atoms in total. The molecule has 0 aromatic heterocycles. The van der Waals surface area contributed by atoms with Crippen LogP contribution in [0.5, 0.6) is 11.5 Å². The Hall–Kier alpha value is -2.20. The summed E-state index contributed by atoms with van der Waals surface area (Å²) in [5, 5.41) is 0. The summed E-state index contributed by atoms with van der Waals surface area (Å²) in [5.41, 5.74) is 9.64. The Morgan fingerprint density at radius 1 is 1.10 bits per heavy atom. The normalized spacial score (nSPS) is 16.7. The molecule has 4 heteroatoms. The van der Waals surface area contributed by atoms with Crippen LogP contribution in [0.1, 0.15) is 17.2 Å². The van der Waals surface area contributed by atoms with Crippen molar-refractivity contribution in [3.63, 3.8) is 0 Å². The second-order valence-electron chi connectivity index (χ2n) is 5.11. The van der Waals surface area contributed by atoms with E-state index in [1.54, 1.807) is 14.2 Å². The molecule has 1 unspecified atom stereocenters. The molecular formula is C17H20N2O2. The Balaban J connectivity index is 1.97. The van der Waals surface area contributed by atoms with Gasteiger partial charge in [-0.15, -0.1) is 0 Å². The summed E-state index contributed by atoms with van der Waals surface area (Å²) in [5.74, 6) is 1.79. The highest BCUT2D eigenvalue weighted by Gasteiger charge is 2.31. The van der Waals surface area contributed by atoms with Crippen molar-refractivity contribution in [1.29, 1.82) is 0 Å². The standard InChI is InChI=1S/C17H20N2O2/c1-20-13-8-6-12(7-9-13)19-11-15-14(16(19)10-18)4-3-5-17(15)21-2/h3-9,16H,10-11,18H2,1-2H3. The van der Waals surface area contributed by atoms with Crippen molar-refractivity contribution in [2.75, 3.05) is 25.7 Å². The van der Waals surface area contributed by atoms with Gasteiger partial charge in [-0.25, -0.2) is 0 Å². The average molecular weight is 284 g/mol. The number of nitrogens with zero attached hydrogens (tertiary/aromatic N) is 1. The molecule has 0 radical (unpaired) electrons. The predicted molar refractivity (Wildman–Crippen MR) is 84.0 cm³/mol. The number of hydrogen-bond donors (Lipinski definition) is 1. The lowest BCUT2D eigenvalue weighted by Gasteiger charge is -2.26. The summed E-state index contributed by atoms with van der Waals surface area (Å²) in [6.07, 6.45) is 0. The Bertz CT molecular complexity index is 625. The lowest BCUT2D eigenvalue weighted by Crippen LogP contribution is -2.27. The Kier molecular flexibility index (Phi) is 3.71. The molecule has 110 valence electrons. The Morgan fingerprint density at radius 3 is 2.48 bits per heavy atom. The van der Waals surface area contributed by atoms with E-state index in [-0.39, 0.29) is 6.04 Å². The fourth-order valence-corrected chi connectivity index (χ4v) is 3.00.